The first-order valence-corrected chi connectivity index (χ1v) is 6.61. The van der Waals surface area contributed by atoms with Crippen LogP contribution in [-0.4, -0.2) is 37.2 Å². The zero-order valence-corrected chi connectivity index (χ0v) is 11.3. The van der Waals surface area contributed by atoms with E-state index in [4.69, 9.17) is 34.7 Å². The Labute approximate surface area is 108 Å². The van der Waals surface area contributed by atoms with Crippen LogP contribution in [0, 0.1) is 0 Å². The molecule has 0 aromatic carbocycles. The summed E-state index contributed by atoms with van der Waals surface area (Å²) in [7, 11) is 0. The molecule has 0 saturated heterocycles. The fourth-order valence-electron chi connectivity index (χ4n) is 1.25. The molecule has 0 spiro atoms. The minimum absolute atomic E-state index is 0.650. The van der Waals surface area contributed by atoms with Crippen LogP contribution in [0.25, 0.3) is 0 Å². The van der Waals surface area contributed by atoms with Crippen molar-refractivity contribution in [1.82, 2.24) is 10.6 Å². The molecule has 6 heteroatoms. The van der Waals surface area contributed by atoms with Crippen molar-refractivity contribution in [2.45, 2.75) is 30.1 Å². The SMILES string of the molecule is NCCCNCCCC(Cl)(Cl)NCCCN. The Morgan fingerprint density at radius 2 is 1.44 bits per heavy atom. The third kappa shape index (κ3) is 10.9. The first-order valence-electron chi connectivity index (χ1n) is 5.86. The quantitative estimate of drug-likeness (QED) is 0.254. The molecule has 6 N–H and O–H groups in total. The minimum atomic E-state index is -0.829. The van der Waals surface area contributed by atoms with Crippen molar-refractivity contribution in [1.29, 1.82) is 0 Å². The van der Waals surface area contributed by atoms with Crippen molar-refractivity contribution in [2.24, 2.45) is 11.5 Å². The van der Waals surface area contributed by atoms with Crippen molar-refractivity contribution < 1.29 is 0 Å². The highest BCUT2D eigenvalue weighted by Gasteiger charge is 2.21. The lowest BCUT2D eigenvalue weighted by Crippen LogP contribution is -2.36. The highest BCUT2D eigenvalue weighted by Crippen LogP contribution is 2.22. The standard InChI is InChI=1S/C10H24Cl2N4/c11-10(12,16-9-3-6-14)4-1-7-15-8-2-5-13/h15-16H,1-9,13-14H2. The van der Waals surface area contributed by atoms with Gasteiger partial charge in [0.05, 0.1) is 0 Å². The molecule has 0 aliphatic heterocycles. The number of rotatable bonds is 11. The van der Waals surface area contributed by atoms with E-state index in [1.165, 1.54) is 0 Å². The van der Waals surface area contributed by atoms with Crippen LogP contribution in [0.1, 0.15) is 25.7 Å². The van der Waals surface area contributed by atoms with E-state index in [1.54, 1.807) is 0 Å². The molecule has 0 rings (SSSR count). The predicted octanol–water partition coefficient (Wildman–Crippen LogP) is 0.775. The Balaban J connectivity index is 3.35. The van der Waals surface area contributed by atoms with Crippen LogP contribution in [0.2, 0.25) is 0 Å². The Hall–Kier alpha value is 0.420. The van der Waals surface area contributed by atoms with Gasteiger partial charge in [-0.25, -0.2) is 0 Å². The molecular formula is C10H24Cl2N4. The maximum atomic E-state index is 6.08. The minimum Gasteiger partial charge on any atom is -0.330 e. The first kappa shape index (κ1) is 16.4. The van der Waals surface area contributed by atoms with E-state index in [9.17, 15) is 0 Å². The summed E-state index contributed by atoms with van der Waals surface area (Å²) in [5.74, 6) is 0. The molecule has 0 aliphatic carbocycles. The summed E-state index contributed by atoms with van der Waals surface area (Å²) in [6.45, 7) is 4.00. The van der Waals surface area contributed by atoms with E-state index in [-0.39, 0.29) is 0 Å². The summed E-state index contributed by atoms with van der Waals surface area (Å²) < 4.78 is -0.829. The van der Waals surface area contributed by atoms with Gasteiger partial charge < -0.3 is 16.8 Å². The zero-order chi connectivity index (χ0) is 12.3. The second kappa shape index (κ2) is 10.6. The van der Waals surface area contributed by atoms with Crippen molar-refractivity contribution in [3.63, 3.8) is 0 Å². The lowest BCUT2D eigenvalue weighted by Gasteiger charge is -2.21. The van der Waals surface area contributed by atoms with Gasteiger partial charge in [0.2, 0.25) is 0 Å². The first-order chi connectivity index (χ1) is 7.62. The molecule has 0 aromatic rings. The van der Waals surface area contributed by atoms with Gasteiger partial charge in [-0.15, -0.1) is 0 Å². The summed E-state index contributed by atoms with van der Waals surface area (Å²) in [6, 6.07) is 0. The van der Waals surface area contributed by atoms with E-state index in [2.05, 4.69) is 10.6 Å². The van der Waals surface area contributed by atoms with Gasteiger partial charge >= 0.3 is 0 Å². The molecular weight excluding hydrogens is 247 g/mol. The number of nitrogens with two attached hydrogens (primary N) is 2. The summed E-state index contributed by atoms with van der Waals surface area (Å²) in [6.07, 6.45) is 3.54. The Kier molecular flexibility index (Phi) is 10.8. The molecule has 0 atom stereocenters. The van der Waals surface area contributed by atoms with Gasteiger partial charge in [0.1, 0.15) is 0 Å². The van der Waals surface area contributed by atoms with Gasteiger partial charge in [-0.1, -0.05) is 23.2 Å². The summed E-state index contributed by atoms with van der Waals surface area (Å²) in [5, 5.41) is 6.35. The van der Waals surface area contributed by atoms with Gasteiger partial charge in [-0.05, 0) is 58.4 Å². The van der Waals surface area contributed by atoms with E-state index in [1.807, 2.05) is 0 Å². The Morgan fingerprint density at radius 1 is 0.875 bits per heavy atom. The van der Waals surface area contributed by atoms with Gasteiger partial charge in [-0.3, -0.25) is 5.32 Å². The second-order valence-electron chi connectivity index (χ2n) is 3.77. The van der Waals surface area contributed by atoms with Crippen LogP contribution in [0.15, 0.2) is 0 Å². The Morgan fingerprint density at radius 3 is 2.06 bits per heavy atom. The average Bonchev–Trinajstić information content (AvgIpc) is 2.23. The summed E-state index contributed by atoms with van der Waals surface area (Å²) in [4.78, 5) is 0. The largest absolute Gasteiger partial charge is 0.330 e. The van der Waals surface area contributed by atoms with E-state index < -0.39 is 4.46 Å². The number of halogens is 2. The van der Waals surface area contributed by atoms with Crippen molar-refractivity contribution in [3.05, 3.63) is 0 Å². The summed E-state index contributed by atoms with van der Waals surface area (Å²) >= 11 is 12.2. The van der Waals surface area contributed by atoms with E-state index in [0.29, 0.717) is 6.54 Å². The molecule has 0 amide bonds. The molecule has 0 radical (unpaired) electrons. The van der Waals surface area contributed by atoms with E-state index in [0.717, 1.165) is 51.9 Å². The van der Waals surface area contributed by atoms with Crippen LogP contribution in [0.5, 0.6) is 0 Å². The van der Waals surface area contributed by atoms with Crippen LogP contribution in [0.3, 0.4) is 0 Å². The fraction of sp³-hybridized carbons (Fsp3) is 1.00. The van der Waals surface area contributed by atoms with Gasteiger partial charge in [0, 0.05) is 0 Å². The molecule has 0 saturated carbocycles. The van der Waals surface area contributed by atoms with Crippen molar-refractivity contribution >= 4 is 23.2 Å². The molecule has 0 bridgehead atoms. The van der Waals surface area contributed by atoms with Crippen LogP contribution < -0.4 is 22.1 Å². The molecule has 0 aromatic heterocycles. The third-order valence-corrected chi connectivity index (χ3v) is 2.81. The van der Waals surface area contributed by atoms with Gasteiger partial charge in [-0.2, -0.15) is 0 Å². The van der Waals surface area contributed by atoms with Crippen LogP contribution in [-0.2, 0) is 0 Å². The Bertz CT molecular complexity index is 156. The van der Waals surface area contributed by atoms with Gasteiger partial charge in [0.25, 0.3) is 0 Å². The summed E-state index contributed by atoms with van der Waals surface area (Å²) in [5.41, 5.74) is 10.8. The highest BCUT2D eigenvalue weighted by atomic mass is 35.5. The molecule has 0 heterocycles. The lowest BCUT2D eigenvalue weighted by atomic mass is 10.3. The number of hydrogen-bond donors (Lipinski definition) is 4. The van der Waals surface area contributed by atoms with Crippen LogP contribution >= 0.6 is 23.2 Å². The van der Waals surface area contributed by atoms with E-state index >= 15 is 0 Å². The maximum Gasteiger partial charge on any atom is 0.168 e. The average molecular weight is 271 g/mol. The topological polar surface area (TPSA) is 76.1 Å². The molecule has 4 nitrogen and oxygen atoms in total. The fourth-order valence-corrected chi connectivity index (χ4v) is 1.71. The van der Waals surface area contributed by atoms with Crippen molar-refractivity contribution in [3.8, 4) is 0 Å². The maximum absolute atomic E-state index is 6.08. The number of hydrogen-bond acceptors (Lipinski definition) is 4. The smallest absolute Gasteiger partial charge is 0.168 e. The van der Waals surface area contributed by atoms with Crippen molar-refractivity contribution in [2.75, 3.05) is 32.7 Å². The molecule has 98 valence electrons. The number of alkyl halides is 2. The highest BCUT2D eigenvalue weighted by molar-refractivity contribution is 6.48. The van der Waals surface area contributed by atoms with Crippen LogP contribution in [0.4, 0.5) is 0 Å². The normalized spacial score (nSPS) is 12.0. The predicted molar refractivity (Wildman–Crippen MR) is 71.9 cm³/mol. The van der Waals surface area contributed by atoms with Gasteiger partial charge in [0.15, 0.2) is 4.46 Å². The number of nitrogens with one attached hydrogen (secondary N) is 2. The zero-order valence-electron chi connectivity index (χ0n) is 9.77. The molecule has 0 aliphatic rings. The monoisotopic (exact) mass is 270 g/mol. The lowest BCUT2D eigenvalue weighted by molar-refractivity contribution is 0.509. The molecule has 16 heavy (non-hydrogen) atoms. The second-order valence-corrected chi connectivity index (χ2v) is 5.25. The molecule has 0 fully saturated rings. The molecule has 0 unspecified atom stereocenters. The third-order valence-electron chi connectivity index (χ3n) is 2.17.